The van der Waals surface area contributed by atoms with Gasteiger partial charge in [0.2, 0.25) is 11.8 Å². The molecule has 1 N–H and O–H groups in total. The fourth-order valence-corrected chi connectivity index (χ4v) is 6.35. The van der Waals surface area contributed by atoms with Gasteiger partial charge < -0.3 is 4.42 Å². The number of hydrogen-bond donors (Lipinski definition) is 1. The molecule has 3 aromatic rings. The van der Waals surface area contributed by atoms with Gasteiger partial charge in [0.25, 0.3) is 10.0 Å². The summed E-state index contributed by atoms with van der Waals surface area (Å²) in [6.45, 7) is 0.492. The quantitative estimate of drug-likeness (QED) is 0.580. The van der Waals surface area contributed by atoms with Crippen molar-refractivity contribution in [3.05, 3.63) is 45.8 Å². The van der Waals surface area contributed by atoms with Crippen LogP contribution in [0.2, 0.25) is 9.36 Å². The molecular formula is C18H16Cl2N4O4S2. The minimum Gasteiger partial charge on any atom is -0.403 e. The highest BCUT2D eigenvalue weighted by atomic mass is 35.5. The van der Waals surface area contributed by atoms with E-state index in [1.54, 1.807) is 30.3 Å². The Morgan fingerprint density at radius 3 is 2.43 bits per heavy atom. The van der Waals surface area contributed by atoms with Crippen molar-refractivity contribution < 1.29 is 17.6 Å². The van der Waals surface area contributed by atoms with E-state index in [0.29, 0.717) is 27.8 Å². The highest BCUT2D eigenvalue weighted by Crippen LogP contribution is 2.31. The molecule has 0 radical (unpaired) electrons. The number of nitrogens with one attached hydrogen (secondary N) is 1. The van der Waals surface area contributed by atoms with E-state index in [4.69, 9.17) is 27.6 Å². The zero-order chi connectivity index (χ0) is 21.3. The van der Waals surface area contributed by atoms with Gasteiger partial charge in [-0.1, -0.05) is 28.3 Å². The summed E-state index contributed by atoms with van der Waals surface area (Å²) in [6.07, 6.45) is 0.782. The molecular weight excluding hydrogens is 471 g/mol. The van der Waals surface area contributed by atoms with Gasteiger partial charge in [0, 0.05) is 29.6 Å². The van der Waals surface area contributed by atoms with Gasteiger partial charge >= 0.3 is 6.01 Å². The van der Waals surface area contributed by atoms with Gasteiger partial charge in [0.15, 0.2) is 0 Å². The third kappa shape index (κ3) is 4.52. The molecule has 1 aliphatic heterocycles. The molecule has 1 aromatic carbocycles. The highest BCUT2D eigenvalue weighted by molar-refractivity contribution is 7.91. The van der Waals surface area contributed by atoms with Crippen LogP contribution >= 0.6 is 34.5 Å². The van der Waals surface area contributed by atoms with Crippen molar-refractivity contribution in [3.63, 3.8) is 0 Å². The highest BCUT2D eigenvalue weighted by Gasteiger charge is 2.33. The van der Waals surface area contributed by atoms with Gasteiger partial charge in [-0.05, 0) is 49.2 Å². The van der Waals surface area contributed by atoms with Gasteiger partial charge in [-0.3, -0.25) is 10.1 Å². The lowest BCUT2D eigenvalue weighted by Gasteiger charge is -2.29. The second-order valence-electron chi connectivity index (χ2n) is 6.65. The Hall–Kier alpha value is -1.98. The number of carbonyl (C=O) groups is 1. The van der Waals surface area contributed by atoms with Gasteiger partial charge in [-0.2, -0.15) is 4.31 Å². The lowest BCUT2D eigenvalue weighted by Crippen LogP contribution is -2.41. The Morgan fingerprint density at radius 2 is 1.80 bits per heavy atom. The van der Waals surface area contributed by atoms with Crippen LogP contribution in [0.25, 0.3) is 11.5 Å². The number of halogens is 2. The van der Waals surface area contributed by atoms with Gasteiger partial charge in [0.05, 0.1) is 4.34 Å². The summed E-state index contributed by atoms with van der Waals surface area (Å²) in [4.78, 5) is 12.5. The zero-order valence-corrected chi connectivity index (χ0v) is 18.6. The smallest absolute Gasteiger partial charge is 0.322 e. The van der Waals surface area contributed by atoms with Gasteiger partial charge in [-0.25, -0.2) is 8.42 Å². The first-order valence-corrected chi connectivity index (χ1v) is 12.0. The van der Waals surface area contributed by atoms with E-state index in [1.807, 2.05) is 0 Å². The molecule has 3 heterocycles. The Labute approximate surface area is 186 Å². The van der Waals surface area contributed by atoms with Crippen molar-refractivity contribution in [1.82, 2.24) is 14.5 Å². The molecule has 0 bridgehead atoms. The van der Waals surface area contributed by atoms with E-state index in [0.717, 1.165) is 11.3 Å². The van der Waals surface area contributed by atoms with E-state index in [2.05, 4.69) is 15.5 Å². The summed E-state index contributed by atoms with van der Waals surface area (Å²) in [5, 5.41) is 11.0. The Balaban J connectivity index is 1.35. The van der Waals surface area contributed by atoms with E-state index in [1.165, 1.54) is 10.4 Å². The number of anilines is 1. The molecule has 4 rings (SSSR count). The van der Waals surface area contributed by atoms with Crippen LogP contribution in [0.4, 0.5) is 6.01 Å². The number of sulfonamides is 1. The van der Waals surface area contributed by atoms with Crippen molar-refractivity contribution in [2.24, 2.45) is 5.92 Å². The van der Waals surface area contributed by atoms with Crippen molar-refractivity contribution >= 4 is 56.5 Å². The molecule has 158 valence electrons. The maximum atomic E-state index is 12.7. The first-order chi connectivity index (χ1) is 14.3. The molecule has 8 nitrogen and oxygen atoms in total. The lowest BCUT2D eigenvalue weighted by molar-refractivity contribution is -0.121. The summed E-state index contributed by atoms with van der Waals surface area (Å²) in [5.74, 6) is -0.371. The van der Waals surface area contributed by atoms with Crippen molar-refractivity contribution in [3.8, 4) is 11.5 Å². The predicted octanol–water partition coefficient (Wildman–Crippen LogP) is 4.14. The minimum atomic E-state index is -3.59. The molecule has 0 spiro atoms. The third-order valence-electron chi connectivity index (χ3n) is 4.71. The third-order valence-corrected chi connectivity index (χ3v) is 8.56. The van der Waals surface area contributed by atoms with Crippen molar-refractivity contribution in [2.75, 3.05) is 18.4 Å². The monoisotopic (exact) mass is 486 g/mol. The first kappa shape index (κ1) is 21.3. The van der Waals surface area contributed by atoms with E-state index >= 15 is 0 Å². The second kappa shape index (κ2) is 8.64. The molecule has 30 heavy (non-hydrogen) atoms. The van der Waals surface area contributed by atoms with Crippen LogP contribution in [0.3, 0.4) is 0 Å². The molecule has 0 unspecified atom stereocenters. The number of carbonyl (C=O) groups excluding carboxylic acids is 1. The molecule has 2 aromatic heterocycles. The molecule has 1 aliphatic rings. The topological polar surface area (TPSA) is 105 Å². The van der Waals surface area contributed by atoms with Gasteiger partial charge in [0.1, 0.15) is 4.21 Å². The van der Waals surface area contributed by atoms with Crippen LogP contribution < -0.4 is 5.32 Å². The number of amides is 1. The second-order valence-corrected chi connectivity index (χ2v) is 11.0. The number of rotatable bonds is 5. The minimum absolute atomic E-state index is 0.00627. The van der Waals surface area contributed by atoms with Crippen LogP contribution in [-0.4, -0.2) is 41.9 Å². The fraction of sp³-hybridized carbons (Fsp3) is 0.278. The number of benzene rings is 1. The number of thiophene rings is 1. The summed E-state index contributed by atoms with van der Waals surface area (Å²) < 4.78 is 32.8. The molecule has 1 amide bonds. The average molecular weight is 487 g/mol. The van der Waals surface area contributed by atoms with Crippen LogP contribution in [0.15, 0.2) is 45.0 Å². The molecule has 0 saturated carbocycles. The van der Waals surface area contributed by atoms with Crippen LogP contribution in [-0.2, 0) is 14.8 Å². The number of nitrogens with zero attached hydrogens (tertiary/aromatic N) is 3. The average Bonchev–Trinajstić information content (AvgIpc) is 3.38. The molecule has 12 heteroatoms. The predicted molar refractivity (Wildman–Crippen MR) is 114 cm³/mol. The molecule has 1 fully saturated rings. The SMILES string of the molecule is O=C(Nc1nnc(-c2ccc(Cl)cc2)o1)C1CCN(S(=O)(=O)c2ccc(Cl)s2)CC1. The summed E-state index contributed by atoms with van der Waals surface area (Å²) >= 11 is 12.7. The maximum Gasteiger partial charge on any atom is 0.322 e. The normalized spacial score (nSPS) is 15.9. The van der Waals surface area contributed by atoms with Crippen LogP contribution in [0, 0.1) is 5.92 Å². The molecule has 0 aliphatic carbocycles. The number of piperidine rings is 1. The standard InChI is InChI=1S/C18H16Cl2N4O4S2/c19-13-3-1-12(2-4-13)17-22-23-18(28-17)21-16(25)11-7-9-24(10-8-11)30(26,27)15-6-5-14(20)29-15/h1-6,11H,7-10H2,(H,21,23,25). The Morgan fingerprint density at radius 1 is 1.10 bits per heavy atom. The number of hydrogen-bond acceptors (Lipinski definition) is 7. The van der Waals surface area contributed by atoms with Gasteiger partial charge in [-0.15, -0.1) is 16.4 Å². The summed E-state index contributed by atoms with van der Waals surface area (Å²) in [6, 6.07) is 9.91. The largest absolute Gasteiger partial charge is 0.403 e. The maximum absolute atomic E-state index is 12.7. The Bertz CT molecular complexity index is 1150. The summed E-state index contributed by atoms with van der Waals surface area (Å²) in [7, 11) is -3.59. The van der Waals surface area contributed by atoms with E-state index in [9.17, 15) is 13.2 Å². The summed E-state index contributed by atoms with van der Waals surface area (Å²) in [5.41, 5.74) is 0.680. The Kier molecular flexibility index (Phi) is 6.12. The van der Waals surface area contributed by atoms with Crippen LogP contribution in [0.5, 0.6) is 0 Å². The lowest BCUT2D eigenvalue weighted by atomic mass is 9.97. The molecule has 0 atom stereocenters. The fourth-order valence-electron chi connectivity index (χ4n) is 3.11. The van der Waals surface area contributed by atoms with E-state index < -0.39 is 10.0 Å². The van der Waals surface area contributed by atoms with Crippen LogP contribution in [0.1, 0.15) is 12.8 Å². The number of aromatic nitrogens is 2. The zero-order valence-electron chi connectivity index (χ0n) is 15.4. The van der Waals surface area contributed by atoms with Crippen molar-refractivity contribution in [1.29, 1.82) is 0 Å². The first-order valence-electron chi connectivity index (χ1n) is 8.99. The van der Waals surface area contributed by atoms with Crippen molar-refractivity contribution in [2.45, 2.75) is 17.1 Å². The molecule has 1 saturated heterocycles. The van der Waals surface area contributed by atoms with E-state index in [-0.39, 0.29) is 41.0 Å².